The van der Waals surface area contributed by atoms with Gasteiger partial charge in [-0.15, -0.1) is 0 Å². The molecule has 0 radical (unpaired) electrons. The van der Waals surface area contributed by atoms with Gasteiger partial charge < -0.3 is 4.90 Å². The summed E-state index contributed by atoms with van der Waals surface area (Å²) >= 11 is 0. The molecule has 0 atom stereocenters. The Hall–Kier alpha value is -1.64. The molecular formula is C12H14N2O. The summed E-state index contributed by atoms with van der Waals surface area (Å²) in [5.74, 6) is 1.13. The van der Waals surface area contributed by atoms with Crippen LogP contribution in [-0.2, 0) is 0 Å². The van der Waals surface area contributed by atoms with Crippen molar-refractivity contribution < 1.29 is 4.79 Å². The Morgan fingerprint density at radius 2 is 2.27 bits per heavy atom. The number of hydrogen-bond acceptors (Lipinski definition) is 3. The minimum Gasteiger partial charge on any atom is -0.329 e. The molecule has 1 heterocycles. The highest BCUT2D eigenvalue weighted by molar-refractivity contribution is 6.00. The number of hydrogen-bond donors (Lipinski definition) is 0. The van der Waals surface area contributed by atoms with Gasteiger partial charge in [-0.05, 0) is 26.0 Å². The van der Waals surface area contributed by atoms with Crippen molar-refractivity contribution in [2.24, 2.45) is 4.99 Å². The molecule has 0 bridgehead atoms. The molecule has 78 valence electrons. The average Bonchev–Trinajstić information content (AvgIpc) is 2.64. The van der Waals surface area contributed by atoms with E-state index in [1.165, 1.54) is 0 Å². The molecule has 0 saturated heterocycles. The van der Waals surface area contributed by atoms with Gasteiger partial charge >= 0.3 is 0 Å². The van der Waals surface area contributed by atoms with Gasteiger partial charge in [0.2, 0.25) is 0 Å². The number of benzene rings is 1. The molecule has 0 unspecified atom stereocenters. The van der Waals surface area contributed by atoms with Gasteiger partial charge in [0.25, 0.3) is 0 Å². The maximum Gasteiger partial charge on any atom is 0.159 e. The highest BCUT2D eigenvalue weighted by Gasteiger charge is 2.14. The highest BCUT2D eigenvalue weighted by Crippen LogP contribution is 2.19. The largest absolute Gasteiger partial charge is 0.329 e. The van der Waals surface area contributed by atoms with Gasteiger partial charge in [-0.1, -0.05) is 12.1 Å². The third-order valence-corrected chi connectivity index (χ3v) is 2.62. The van der Waals surface area contributed by atoms with Gasteiger partial charge in [-0.3, -0.25) is 9.79 Å². The van der Waals surface area contributed by atoms with Crippen molar-refractivity contribution in [3.63, 3.8) is 0 Å². The van der Waals surface area contributed by atoms with Crippen LogP contribution in [0.5, 0.6) is 0 Å². The monoisotopic (exact) mass is 202 g/mol. The predicted molar refractivity (Wildman–Crippen MR) is 61.8 cm³/mol. The van der Waals surface area contributed by atoms with Gasteiger partial charge in [-0.25, -0.2) is 0 Å². The molecule has 0 aliphatic carbocycles. The average molecular weight is 202 g/mol. The summed E-state index contributed by atoms with van der Waals surface area (Å²) in [4.78, 5) is 17.7. The third-order valence-electron chi connectivity index (χ3n) is 2.62. The number of carbonyl (C=O) groups excluding carboxylic acids is 1. The van der Waals surface area contributed by atoms with E-state index >= 15 is 0 Å². The molecule has 0 fully saturated rings. The van der Waals surface area contributed by atoms with Crippen LogP contribution in [0.15, 0.2) is 29.3 Å². The van der Waals surface area contributed by atoms with Crippen molar-refractivity contribution in [2.75, 3.05) is 18.0 Å². The number of anilines is 1. The summed E-state index contributed by atoms with van der Waals surface area (Å²) in [6.07, 6.45) is 0. The van der Waals surface area contributed by atoms with E-state index in [9.17, 15) is 4.79 Å². The minimum absolute atomic E-state index is 0.102. The van der Waals surface area contributed by atoms with Crippen LogP contribution in [0.1, 0.15) is 24.2 Å². The van der Waals surface area contributed by atoms with Crippen LogP contribution in [0.25, 0.3) is 0 Å². The number of nitrogens with zero attached hydrogens (tertiary/aromatic N) is 2. The van der Waals surface area contributed by atoms with Crippen molar-refractivity contribution in [2.45, 2.75) is 13.8 Å². The maximum atomic E-state index is 11.2. The number of ketones is 1. The SMILES string of the molecule is CC(=O)c1cccc(N2CCN=C2C)c1. The Labute approximate surface area is 89.4 Å². The van der Waals surface area contributed by atoms with Crippen molar-refractivity contribution in [3.05, 3.63) is 29.8 Å². The molecule has 1 aliphatic heterocycles. The molecular weight excluding hydrogens is 188 g/mol. The zero-order valence-electron chi connectivity index (χ0n) is 9.03. The zero-order chi connectivity index (χ0) is 10.8. The molecule has 0 aromatic heterocycles. The van der Waals surface area contributed by atoms with Crippen LogP contribution < -0.4 is 4.90 Å². The Balaban J connectivity index is 2.33. The molecule has 1 aromatic carbocycles. The van der Waals surface area contributed by atoms with Crippen molar-refractivity contribution in [1.82, 2.24) is 0 Å². The summed E-state index contributed by atoms with van der Waals surface area (Å²) in [6, 6.07) is 7.69. The van der Waals surface area contributed by atoms with Gasteiger partial charge in [0.05, 0.1) is 6.54 Å². The van der Waals surface area contributed by atoms with E-state index in [1.54, 1.807) is 6.92 Å². The summed E-state index contributed by atoms with van der Waals surface area (Å²) in [5, 5.41) is 0. The molecule has 1 aliphatic rings. The molecule has 15 heavy (non-hydrogen) atoms. The second-order valence-corrected chi connectivity index (χ2v) is 3.69. The molecule has 0 N–H and O–H groups in total. The van der Waals surface area contributed by atoms with E-state index in [0.29, 0.717) is 0 Å². The lowest BCUT2D eigenvalue weighted by Gasteiger charge is -2.18. The molecule has 0 saturated carbocycles. The number of aliphatic imine (C=N–C) groups is 1. The molecule has 3 nitrogen and oxygen atoms in total. The van der Waals surface area contributed by atoms with Crippen LogP contribution in [0.4, 0.5) is 5.69 Å². The fourth-order valence-electron chi connectivity index (χ4n) is 1.77. The first kappa shape index (κ1) is 9.90. The van der Waals surface area contributed by atoms with Crippen LogP contribution in [-0.4, -0.2) is 24.7 Å². The van der Waals surface area contributed by atoms with Crippen molar-refractivity contribution in [3.8, 4) is 0 Å². The number of rotatable bonds is 2. The minimum atomic E-state index is 0.102. The molecule has 0 spiro atoms. The normalized spacial score (nSPS) is 15.3. The second kappa shape index (κ2) is 3.85. The summed E-state index contributed by atoms with van der Waals surface area (Å²) in [7, 11) is 0. The molecule has 1 aromatic rings. The summed E-state index contributed by atoms with van der Waals surface area (Å²) in [5.41, 5.74) is 1.81. The Kier molecular flexibility index (Phi) is 2.54. The molecule has 0 amide bonds. The predicted octanol–water partition coefficient (Wildman–Crippen LogP) is 2.13. The Morgan fingerprint density at radius 1 is 1.47 bits per heavy atom. The molecule has 2 rings (SSSR count). The summed E-state index contributed by atoms with van der Waals surface area (Å²) in [6.45, 7) is 5.33. The first-order valence-electron chi connectivity index (χ1n) is 5.08. The standard InChI is InChI=1S/C12H14N2O/c1-9(15)11-4-3-5-12(8-11)14-7-6-13-10(14)2/h3-5,8H,6-7H2,1-2H3. The Bertz CT molecular complexity index is 423. The van der Waals surface area contributed by atoms with Crippen LogP contribution >= 0.6 is 0 Å². The fourth-order valence-corrected chi connectivity index (χ4v) is 1.77. The van der Waals surface area contributed by atoms with Crippen LogP contribution in [0.3, 0.4) is 0 Å². The number of amidine groups is 1. The quantitative estimate of drug-likeness (QED) is 0.688. The van der Waals surface area contributed by atoms with Crippen molar-refractivity contribution >= 4 is 17.3 Å². The summed E-state index contributed by atoms with van der Waals surface area (Å²) < 4.78 is 0. The van der Waals surface area contributed by atoms with E-state index in [0.717, 1.165) is 30.2 Å². The third kappa shape index (κ3) is 1.91. The van der Waals surface area contributed by atoms with Crippen LogP contribution in [0, 0.1) is 0 Å². The zero-order valence-corrected chi connectivity index (χ0v) is 9.03. The lowest BCUT2D eigenvalue weighted by molar-refractivity contribution is 0.101. The number of Topliss-reactive ketones (excluding diaryl/α,β-unsaturated/α-hetero) is 1. The van der Waals surface area contributed by atoms with Crippen LogP contribution in [0.2, 0.25) is 0 Å². The molecule has 3 heteroatoms. The van der Waals surface area contributed by atoms with E-state index in [1.807, 2.05) is 31.2 Å². The smallest absolute Gasteiger partial charge is 0.159 e. The van der Waals surface area contributed by atoms with Gasteiger partial charge in [0.15, 0.2) is 5.78 Å². The van der Waals surface area contributed by atoms with E-state index in [4.69, 9.17) is 0 Å². The lowest BCUT2D eigenvalue weighted by atomic mass is 10.1. The fraction of sp³-hybridized carbons (Fsp3) is 0.333. The second-order valence-electron chi connectivity index (χ2n) is 3.69. The highest BCUT2D eigenvalue weighted by atomic mass is 16.1. The first-order valence-corrected chi connectivity index (χ1v) is 5.08. The topological polar surface area (TPSA) is 32.7 Å². The number of carbonyl (C=O) groups is 1. The lowest BCUT2D eigenvalue weighted by Crippen LogP contribution is -2.24. The van der Waals surface area contributed by atoms with Gasteiger partial charge in [0.1, 0.15) is 5.84 Å². The van der Waals surface area contributed by atoms with E-state index in [-0.39, 0.29) is 5.78 Å². The van der Waals surface area contributed by atoms with E-state index < -0.39 is 0 Å². The van der Waals surface area contributed by atoms with E-state index in [2.05, 4.69) is 9.89 Å². The Morgan fingerprint density at radius 3 is 2.87 bits per heavy atom. The van der Waals surface area contributed by atoms with Gasteiger partial charge in [0, 0.05) is 17.8 Å². The first-order chi connectivity index (χ1) is 7.18. The maximum absolute atomic E-state index is 11.2. The van der Waals surface area contributed by atoms with Crippen molar-refractivity contribution in [1.29, 1.82) is 0 Å². The van der Waals surface area contributed by atoms with Gasteiger partial charge in [-0.2, -0.15) is 0 Å².